The quantitative estimate of drug-likeness (QED) is 0.842. The van der Waals surface area contributed by atoms with Crippen molar-refractivity contribution in [2.24, 2.45) is 0 Å². The van der Waals surface area contributed by atoms with Gasteiger partial charge in [0, 0.05) is 5.56 Å². The largest absolute Gasteiger partial charge is 0.491 e. The minimum absolute atomic E-state index is 0.506. The number of hydrogen-bond acceptors (Lipinski definition) is 2. The molecule has 0 aliphatic carbocycles. The molecule has 2 nitrogen and oxygen atoms in total. The van der Waals surface area contributed by atoms with Crippen LogP contribution in [-0.4, -0.2) is 16.6 Å². The summed E-state index contributed by atoms with van der Waals surface area (Å²) in [5.41, 5.74) is 3.13. The van der Waals surface area contributed by atoms with E-state index < -0.39 is 10.8 Å². The van der Waals surface area contributed by atoms with Crippen molar-refractivity contribution in [2.75, 3.05) is 12.4 Å². The monoisotopic (exact) mass is 284 g/mol. The topological polar surface area (TPSA) is 26.3 Å². The van der Waals surface area contributed by atoms with E-state index >= 15 is 0 Å². The molecule has 2 aromatic rings. The van der Waals surface area contributed by atoms with E-state index in [9.17, 15) is 4.21 Å². The van der Waals surface area contributed by atoms with Crippen LogP contribution in [0.4, 0.5) is 0 Å². The predicted molar refractivity (Wildman–Crippen MR) is 83.4 cm³/mol. The lowest BCUT2D eigenvalue weighted by molar-refractivity contribution is 0.299. The van der Waals surface area contributed by atoms with E-state index in [0.717, 1.165) is 27.4 Å². The summed E-state index contributed by atoms with van der Waals surface area (Å²) in [5.74, 6) is 1.31. The lowest BCUT2D eigenvalue weighted by Gasteiger charge is -2.21. The van der Waals surface area contributed by atoms with Crippen LogP contribution in [-0.2, 0) is 15.5 Å². The zero-order valence-corrected chi connectivity index (χ0v) is 12.2. The molecule has 3 heteroatoms. The summed E-state index contributed by atoms with van der Waals surface area (Å²) in [6, 6.07) is 18.0. The smallest absolute Gasteiger partial charge is 0.143 e. The molecular weight excluding hydrogens is 268 g/mol. The Morgan fingerprint density at radius 2 is 1.75 bits per heavy atom. The molecule has 0 amide bonds. The lowest BCUT2D eigenvalue weighted by atomic mass is 10.1. The molecule has 1 aliphatic heterocycles. The molecule has 20 heavy (non-hydrogen) atoms. The van der Waals surface area contributed by atoms with Crippen LogP contribution in [0.3, 0.4) is 0 Å². The van der Waals surface area contributed by atoms with Crippen molar-refractivity contribution >= 4 is 21.5 Å². The zero-order chi connectivity index (χ0) is 13.9. The van der Waals surface area contributed by atoms with Crippen LogP contribution in [0.1, 0.15) is 16.7 Å². The lowest BCUT2D eigenvalue weighted by Crippen LogP contribution is -2.15. The number of aryl methyl sites for hydroxylation is 1. The van der Waals surface area contributed by atoms with E-state index in [1.165, 1.54) is 0 Å². The van der Waals surface area contributed by atoms with Gasteiger partial charge in [0.2, 0.25) is 0 Å². The number of ether oxygens (including phenoxy) is 1. The Morgan fingerprint density at radius 3 is 2.50 bits per heavy atom. The molecular formula is C17H16O2S. The molecule has 0 aromatic heterocycles. The van der Waals surface area contributed by atoms with Crippen molar-refractivity contribution < 1.29 is 8.95 Å². The highest BCUT2D eigenvalue weighted by Gasteiger charge is 2.23. The van der Waals surface area contributed by atoms with Crippen LogP contribution in [0, 0.1) is 6.92 Å². The minimum atomic E-state index is -1.01. The third kappa shape index (κ3) is 2.54. The highest BCUT2D eigenvalue weighted by atomic mass is 32.2. The molecule has 0 saturated carbocycles. The predicted octanol–water partition coefficient (Wildman–Crippen LogP) is 3.60. The number of benzene rings is 2. The number of hydrogen-bond donors (Lipinski definition) is 0. The van der Waals surface area contributed by atoms with Crippen LogP contribution in [0.15, 0.2) is 54.6 Å². The van der Waals surface area contributed by atoms with Crippen molar-refractivity contribution in [2.45, 2.75) is 6.92 Å². The maximum Gasteiger partial charge on any atom is 0.143 e. The van der Waals surface area contributed by atoms with Crippen molar-refractivity contribution in [3.05, 3.63) is 71.3 Å². The normalized spacial score (nSPS) is 18.8. The SMILES string of the molecule is Cc1cccc(C2=C(c3ccccc3)OCCS2=O)c1. The van der Waals surface area contributed by atoms with Gasteiger partial charge in [-0.2, -0.15) is 0 Å². The Labute approximate surface area is 121 Å². The summed E-state index contributed by atoms with van der Waals surface area (Å²) >= 11 is 0. The Kier molecular flexibility index (Phi) is 3.70. The third-order valence-electron chi connectivity index (χ3n) is 3.27. The van der Waals surface area contributed by atoms with Gasteiger partial charge in [-0.3, -0.25) is 4.21 Å². The summed E-state index contributed by atoms with van der Waals surface area (Å²) in [7, 11) is -1.01. The van der Waals surface area contributed by atoms with Crippen molar-refractivity contribution in [1.29, 1.82) is 0 Å². The fraction of sp³-hybridized carbons (Fsp3) is 0.176. The molecule has 0 radical (unpaired) electrons. The summed E-state index contributed by atoms with van der Waals surface area (Å²) in [6.07, 6.45) is 0. The second kappa shape index (κ2) is 5.63. The standard InChI is InChI=1S/C17H16O2S/c1-13-6-5-9-15(12-13)17-16(19-10-11-20(17)18)14-7-3-2-4-8-14/h2-9,12H,10-11H2,1H3. The van der Waals surface area contributed by atoms with Gasteiger partial charge in [0.25, 0.3) is 0 Å². The van der Waals surface area contributed by atoms with Gasteiger partial charge in [0.15, 0.2) is 0 Å². The van der Waals surface area contributed by atoms with Gasteiger partial charge in [0.05, 0.1) is 21.5 Å². The van der Waals surface area contributed by atoms with E-state index in [1.807, 2.05) is 55.5 Å². The van der Waals surface area contributed by atoms with Crippen LogP contribution in [0.5, 0.6) is 0 Å². The molecule has 0 N–H and O–H groups in total. The minimum Gasteiger partial charge on any atom is -0.491 e. The van der Waals surface area contributed by atoms with E-state index in [2.05, 4.69) is 6.07 Å². The summed E-state index contributed by atoms with van der Waals surface area (Å²) in [6.45, 7) is 2.55. The highest BCUT2D eigenvalue weighted by molar-refractivity contribution is 7.95. The molecule has 3 rings (SSSR count). The van der Waals surface area contributed by atoms with Gasteiger partial charge in [-0.15, -0.1) is 0 Å². The van der Waals surface area contributed by atoms with E-state index in [0.29, 0.717) is 12.4 Å². The van der Waals surface area contributed by atoms with Gasteiger partial charge in [0.1, 0.15) is 12.4 Å². The van der Waals surface area contributed by atoms with E-state index in [1.54, 1.807) is 0 Å². The molecule has 1 unspecified atom stereocenters. The maximum absolute atomic E-state index is 12.5. The van der Waals surface area contributed by atoms with Crippen LogP contribution >= 0.6 is 0 Å². The fourth-order valence-electron chi connectivity index (χ4n) is 2.34. The van der Waals surface area contributed by atoms with Crippen LogP contribution < -0.4 is 0 Å². The first-order chi connectivity index (χ1) is 9.75. The third-order valence-corrected chi connectivity index (χ3v) is 4.68. The summed E-state index contributed by atoms with van der Waals surface area (Å²) in [4.78, 5) is 0.811. The van der Waals surface area contributed by atoms with Crippen molar-refractivity contribution in [3.63, 3.8) is 0 Å². The molecule has 0 saturated heterocycles. The fourth-order valence-corrected chi connectivity index (χ4v) is 3.56. The van der Waals surface area contributed by atoms with E-state index in [4.69, 9.17) is 4.74 Å². The Bertz CT molecular complexity index is 674. The van der Waals surface area contributed by atoms with Gasteiger partial charge >= 0.3 is 0 Å². The zero-order valence-electron chi connectivity index (χ0n) is 11.3. The Hall–Kier alpha value is -1.87. The first-order valence-electron chi connectivity index (χ1n) is 6.63. The second-order valence-corrected chi connectivity index (χ2v) is 6.30. The first-order valence-corrected chi connectivity index (χ1v) is 7.95. The first kappa shape index (κ1) is 13.1. The summed E-state index contributed by atoms with van der Waals surface area (Å²) in [5, 5.41) is 0. The molecule has 2 aromatic carbocycles. The van der Waals surface area contributed by atoms with Gasteiger partial charge in [-0.05, 0) is 12.5 Å². The van der Waals surface area contributed by atoms with E-state index in [-0.39, 0.29) is 0 Å². The van der Waals surface area contributed by atoms with Crippen LogP contribution in [0.2, 0.25) is 0 Å². The maximum atomic E-state index is 12.5. The van der Waals surface area contributed by atoms with Crippen LogP contribution in [0.25, 0.3) is 10.7 Å². The molecule has 1 aliphatic rings. The molecule has 0 bridgehead atoms. The Morgan fingerprint density at radius 1 is 1.00 bits per heavy atom. The average molecular weight is 284 g/mol. The van der Waals surface area contributed by atoms with Crippen molar-refractivity contribution in [3.8, 4) is 0 Å². The van der Waals surface area contributed by atoms with Gasteiger partial charge < -0.3 is 4.74 Å². The molecule has 0 fully saturated rings. The average Bonchev–Trinajstić information content (AvgIpc) is 2.48. The Balaban J connectivity index is 2.19. The highest BCUT2D eigenvalue weighted by Crippen LogP contribution is 2.33. The molecule has 1 heterocycles. The second-order valence-electron chi connectivity index (χ2n) is 4.79. The van der Waals surface area contributed by atoms with Gasteiger partial charge in [-0.1, -0.05) is 60.2 Å². The molecule has 1 atom stereocenters. The number of rotatable bonds is 2. The van der Waals surface area contributed by atoms with Crippen molar-refractivity contribution in [1.82, 2.24) is 0 Å². The molecule has 102 valence electrons. The molecule has 0 spiro atoms. The summed E-state index contributed by atoms with van der Waals surface area (Å²) < 4.78 is 18.3. The van der Waals surface area contributed by atoms with Gasteiger partial charge in [-0.25, -0.2) is 0 Å².